The van der Waals surface area contributed by atoms with Gasteiger partial charge in [-0.05, 0) is 49.6 Å². The Bertz CT molecular complexity index is 972. The maximum Gasteiger partial charge on any atom is 0.257 e. The van der Waals surface area contributed by atoms with Crippen LogP contribution >= 0.6 is 11.6 Å². The Morgan fingerprint density at radius 3 is 2.62 bits per heavy atom. The van der Waals surface area contributed by atoms with Crippen molar-refractivity contribution in [2.75, 3.05) is 25.0 Å². The molecule has 6 nitrogen and oxygen atoms in total. The second-order valence-electron chi connectivity index (χ2n) is 6.91. The molecule has 2 aromatic carbocycles. The Balaban J connectivity index is 1.83. The van der Waals surface area contributed by atoms with E-state index < -0.39 is 15.9 Å². The molecule has 8 heteroatoms. The van der Waals surface area contributed by atoms with Gasteiger partial charge in [0.15, 0.2) is 0 Å². The Kier molecular flexibility index (Phi) is 7.16. The molecular weight excluding hydrogens is 412 g/mol. The molecule has 1 aliphatic rings. The second kappa shape index (κ2) is 9.61. The molecule has 1 amide bonds. The van der Waals surface area contributed by atoms with Crippen molar-refractivity contribution in [2.45, 2.75) is 37.5 Å². The molecule has 1 fully saturated rings. The van der Waals surface area contributed by atoms with Crippen molar-refractivity contribution < 1.29 is 17.9 Å². The van der Waals surface area contributed by atoms with Gasteiger partial charge in [0.2, 0.25) is 10.0 Å². The number of benzene rings is 2. The van der Waals surface area contributed by atoms with Crippen LogP contribution in [0.2, 0.25) is 5.02 Å². The van der Waals surface area contributed by atoms with Gasteiger partial charge < -0.3 is 10.1 Å². The number of hydrogen-bond donors (Lipinski definition) is 1. The Morgan fingerprint density at radius 1 is 1.17 bits per heavy atom. The number of hydrogen-bond acceptors (Lipinski definition) is 4. The number of halogens is 1. The lowest BCUT2D eigenvalue weighted by molar-refractivity contribution is 0.102. The highest BCUT2D eigenvalue weighted by atomic mass is 35.5. The van der Waals surface area contributed by atoms with Crippen LogP contribution in [0.1, 0.15) is 43.0 Å². The fourth-order valence-electron chi connectivity index (χ4n) is 3.13. The summed E-state index contributed by atoms with van der Waals surface area (Å²) in [5, 5.41) is 2.97. The Hall–Kier alpha value is -2.09. The minimum atomic E-state index is -3.64. The average molecular weight is 437 g/mol. The van der Waals surface area contributed by atoms with Crippen LogP contribution in [0, 0.1) is 0 Å². The fraction of sp³-hybridized carbons (Fsp3) is 0.381. The van der Waals surface area contributed by atoms with Gasteiger partial charge in [-0.1, -0.05) is 37.1 Å². The van der Waals surface area contributed by atoms with Crippen molar-refractivity contribution in [3.63, 3.8) is 0 Å². The summed E-state index contributed by atoms with van der Waals surface area (Å²) in [6.45, 7) is 3.61. The predicted molar refractivity (Wildman–Crippen MR) is 114 cm³/mol. The molecule has 0 unspecified atom stereocenters. The van der Waals surface area contributed by atoms with Gasteiger partial charge in [0.05, 0.1) is 27.8 Å². The van der Waals surface area contributed by atoms with E-state index in [1.54, 1.807) is 18.2 Å². The first-order valence-corrected chi connectivity index (χ1v) is 11.6. The summed E-state index contributed by atoms with van der Waals surface area (Å²) >= 11 is 6.21. The number of rotatable bonds is 8. The number of unbranched alkanes of at least 4 members (excludes halogenated alkanes) is 1. The molecule has 3 rings (SSSR count). The first-order valence-electron chi connectivity index (χ1n) is 9.76. The van der Waals surface area contributed by atoms with E-state index in [-0.39, 0.29) is 15.5 Å². The van der Waals surface area contributed by atoms with E-state index in [0.29, 0.717) is 31.1 Å². The van der Waals surface area contributed by atoms with Crippen molar-refractivity contribution in [3.8, 4) is 5.75 Å². The summed E-state index contributed by atoms with van der Waals surface area (Å²) in [6.07, 6.45) is 3.59. The quantitative estimate of drug-likeness (QED) is 0.615. The lowest BCUT2D eigenvalue weighted by Gasteiger charge is -2.17. The van der Waals surface area contributed by atoms with Gasteiger partial charge in [-0.25, -0.2) is 8.42 Å². The van der Waals surface area contributed by atoms with E-state index in [0.717, 1.165) is 25.7 Å². The van der Waals surface area contributed by atoms with Crippen molar-refractivity contribution in [1.82, 2.24) is 4.31 Å². The Labute approximate surface area is 176 Å². The maximum absolute atomic E-state index is 12.9. The van der Waals surface area contributed by atoms with Crippen molar-refractivity contribution in [2.24, 2.45) is 0 Å². The van der Waals surface area contributed by atoms with Crippen LogP contribution < -0.4 is 10.1 Å². The topological polar surface area (TPSA) is 75.7 Å². The van der Waals surface area contributed by atoms with Crippen LogP contribution in [0.15, 0.2) is 47.4 Å². The summed E-state index contributed by atoms with van der Waals surface area (Å²) < 4.78 is 32.8. The number of sulfonamides is 1. The fourth-order valence-corrected chi connectivity index (χ4v) is 4.88. The third kappa shape index (κ3) is 5.10. The largest absolute Gasteiger partial charge is 0.491 e. The number of para-hydroxylation sites is 2. The molecule has 0 bridgehead atoms. The SMILES string of the molecule is CCCCOc1ccccc1NC(=O)c1cc(S(=O)(=O)N2CCCC2)ccc1Cl. The Morgan fingerprint density at radius 2 is 1.90 bits per heavy atom. The zero-order valence-electron chi connectivity index (χ0n) is 16.4. The van der Waals surface area contributed by atoms with Crippen molar-refractivity contribution in [1.29, 1.82) is 0 Å². The summed E-state index contributed by atoms with van der Waals surface area (Å²) in [5.41, 5.74) is 0.618. The van der Waals surface area contributed by atoms with Crippen LogP contribution in [0.25, 0.3) is 0 Å². The molecule has 1 saturated heterocycles. The highest BCUT2D eigenvalue weighted by Crippen LogP contribution is 2.28. The minimum absolute atomic E-state index is 0.0708. The normalized spacial score (nSPS) is 14.7. The smallest absolute Gasteiger partial charge is 0.257 e. The van der Waals surface area contributed by atoms with Gasteiger partial charge in [0, 0.05) is 13.1 Å². The maximum atomic E-state index is 12.9. The van der Waals surface area contributed by atoms with Gasteiger partial charge in [0.1, 0.15) is 5.75 Å². The number of anilines is 1. The molecule has 1 aliphatic heterocycles. The molecular formula is C21H25ClN2O4S. The third-order valence-corrected chi connectivity index (χ3v) is 7.00. The molecule has 156 valence electrons. The number of amides is 1. The summed E-state index contributed by atoms with van der Waals surface area (Å²) in [6, 6.07) is 11.4. The first-order chi connectivity index (χ1) is 13.9. The summed E-state index contributed by atoms with van der Waals surface area (Å²) in [7, 11) is -3.64. The van der Waals surface area contributed by atoms with Gasteiger partial charge in [-0.15, -0.1) is 0 Å². The zero-order valence-corrected chi connectivity index (χ0v) is 17.9. The standard InChI is InChI=1S/C21H25ClN2O4S/c1-2-3-14-28-20-9-5-4-8-19(20)23-21(25)17-15-16(10-11-18(17)22)29(26,27)24-12-6-7-13-24/h4-5,8-11,15H,2-3,6-7,12-14H2,1H3,(H,23,25). The lowest BCUT2D eigenvalue weighted by atomic mass is 10.2. The van der Waals surface area contributed by atoms with Crippen LogP contribution in [0.5, 0.6) is 5.75 Å². The van der Waals surface area contributed by atoms with E-state index in [4.69, 9.17) is 16.3 Å². The monoisotopic (exact) mass is 436 g/mol. The third-order valence-electron chi connectivity index (χ3n) is 4.78. The van der Waals surface area contributed by atoms with E-state index in [2.05, 4.69) is 12.2 Å². The number of carbonyl (C=O) groups excluding carboxylic acids is 1. The molecule has 0 aromatic heterocycles. The molecule has 0 radical (unpaired) electrons. The number of carbonyl (C=O) groups is 1. The first kappa shape index (κ1) is 21.6. The average Bonchev–Trinajstić information content (AvgIpc) is 3.25. The van der Waals surface area contributed by atoms with Crippen LogP contribution in [0.4, 0.5) is 5.69 Å². The van der Waals surface area contributed by atoms with Crippen molar-refractivity contribution >= 4 is 33.2 Å². The summed E-state index contributed by atoms with van der Waals surface area (Å²) in [4.78, 5) is 12.9. The number of nitrogens with zero attached hydrogens (tertiary/aromatic N) is 1. The molecule has 29 heavy (non-hydrogen) atoms. The van der Waals surface area contributed by atoms with E-state index in [9.17, 15) is 13.2 Å². The van der Waals surface area contributed by atoms with E-state index in [1.807, 2.05) is 6.07 Å². The second-order valence-corrected chi connectivity index (χ2v) is 9.25. The number of ether oxygens (including phenoxy) is 1. The highest BCUT2D eigenvalue weighted by Gasteiger charge is 2.28. The highest BCUT2D eigenvalue weighted by molar-refractivity contribution is 7.89. The zero-order chi connectivity index (χ0) is 20.9. The lowest BCUT2D eigenvalue weighted by Crippen LogP contribution is -2.28. The van der Waals surface area contributed by atoms with Gasteiger partial charge in [-0.3, -0.25) is 4.79 Å². The molecule has 0 atom stereocenters. The molecule has 0 saturated carbocycles. The molecule has 1 N–H and O–H groups in total. The summed E-state index contributed by atoms with van der Waals surface area (Å²) in [5.74, 6) is 0.0753. The molecule has 1 heterocycles. The van der Waals surface area contributed by atoms with Crippen molar-refractivity contribution in [3.05, 3.63) is 53.1 Å². The van der Waals surface area contributed by atoms with Gasteiger partial charge >= 0.3 is 0 Å². The molecule has 2 aromatic rings. The predicted octanol–water partition coefficient (Wildman–Crippen LogP) is 4.56. The van der Waals surface area contributed by atoms with Gasteiger partial charge in [-0.2, -0.15) is 4.31 Å². The van der Waals surface area contributed by atoms with E-state index >= 15 is 0 Å². The molecule has 0 spiro atoms. The van der Waals surface area contributed by atoms with Crippen LogP contribution in [-0.4, -0.2) is 38.3 Å². The van der Waals surface area contributed by atoms with E-state index in [1.165, 1.54) is 22.5 Å². The molecule has 0 aliphatic carbocycles. The number of nitrogens with one attached hydrogen (secondary N) is 1. The minimum Gasteiger partial charge on any atom is -0.491 e. The van der Waals surface area contributed by atoms with Crippen LogP contribution in [-0.2, 0) is 10.0 Å². The van der Waals surface area contributed by atoms with Crippen LogP contribution in [0.3, 0.4) is 0 Å². The van der Waals surface area contributed by atoms with Gasteiger partial charge in [0.25, 0.3) is 5.91 Å².